The van der Waals surface area contributed by atoms with Gasteiger partial charge in [0.15, 0.2) is 0 Å². The monoisotopic (exact) mass is 407 g/mol. The number of carbonyl (C=O) groups is 2. The van der Waals surface area contributed by atoms with Crippen molar-refractivity contribution in [2.75, 3.05) is 0 Å². The maximum atomic E-state index is 13.1. The van der Waals surface area contributed by atoms with E-state index in [4.69, 9.17) is 0 Å². The van der Waals surface area contributed by atoms with E-state index < -0.39 is 6.04 Å². The van der Waals surface area contributed by atoms with Crippen LogP contribution in [0.3, 0.4) is 0 Å². The van der Waals surface area contributed by atoms with Crippen LogP contribution in [-0.4, -0.2) is 37.5 Å². The molecule has 2 aromatic heterocycles. The van der Waals surface area contributed by atoms with Crippen molar-refractivity contribution < 1.29 is 14.0 Å². The average molecular weight is 407 g/mol. The predicted octanol–water partition coefficient (Wildman–Crippen LogP) is 2.84. The summed E-state index contributed by atoms with van der Waals surface area (Å²) in [7, 11) is 1.81. The van der Waals surface area contributed by atoms with Gasteiger partial charge in [0.2, 0.25) is 5.91 Å². The summed E-state index contributed by atoms with van der Waals surface area (Å²) < 4.78 is 14.8. The van der Waals surface area contributed by atoms with Crippen LogP contribution in [0.5, 0.6) is 0 Å². The second kappa shape index (κ2) is 7.70. The van der Waals surface area contributed by atoms with Crippen LogP contribution in [0.25, 0.3) is 11.4 Å². The third-order valence-electron chi connectivity index (χ3n) is 5.44. The molecular formula is C22H22FN5O2. The lowest BCUT2D eigenvalue weighted by molar-refractivity contribution is -0.125. The Morgan fingerprint density at radius 2 is 1.87 bits per heavy atom. The van der Waals surface area contributed by atoms with Crippen LogP contribution in [0, 0.1) is 5.82 Å². The Labute approximate surface area is 173 Å². The number of hydrogen-bond acceptors (Lipinski definition) is 4. The molecule has 4 rings (SSSR count). The highest BCUT2D eigenvalue weighted by Crippen LogP contribution is 2.27. The topological polar surface area (TPSA) is 80.1 Å². The number of rotatable bonds is 5. The van der Waals surface area contributed by atoms with Crippen molar-refractivity contribution in [1.82, 2.24) is 25.0 Å². The van der Waals surface area contributed by atoms with Crippen molar-refractivity contribution in [2.24, 2.45) is 7.05 Å². The van der Waals surface area contributed by atoms with E-state index in [2.05, 4.69) is 15.4 Å². The third-order valence-corrected chi connectivity index (χ3v) is 5.44. The lowest BCUT2D eigenvalue weighted by atomic mass is 10.1. The van der Waals surface area contributed by atoms with Gasteiger partial charge in [-0.1, -0.05) is 18.2 Å². The Morgan fingerprint density at radius 1 is 1.13 bits per heavy atom. The number of halogens is 1. The van der Waals surface area contributed by atoms with Crippen LogP contribution in [0.2, 0.25) is 0 Å². The van der Waals surface area contributed by atoms with Crippen molar-refractivity contribution in [2.45, 2.75) is 32.5 Å². The molecule has 3 aromatic rings. The molecule has 2 atom stereocenters. The molecule has 1 aromatic carbocycles. The third kappa shape index (κ3) is 3.56. The molecule has 0 unspecified atom stereocenters. The minimum atomic E-state index is -0.672. The van der Waals surface area contributed by atoms with E-state index in [1.807, 2.05) is 32.2 Å². The highest BCUT2D eigenvalue weighted by molar-refractivity contribution is 6.00. The van der Waals surface area contributed by atoms with Gasteiger partial charge in [-0.25, -0.2) is 9.37 Å². The van der Waals surface area contributed by atoms with Crippen LogP contribution in [0.1, 0.15) is 41.5 Å². The molecule has 0 fully saturated rings. The van der Waals surface area contributed by atoms with Crippen molar-refractivity contribution in [3.8, 4) is 11.4 Å². The summed E-state index contributed by atoms with van der Waals surface area (Å²) in [5, 5.41) is 7.03. The minimum absolute atomic E-state index is 0.272. The van der Waals surface area contributed by atoms with Crippen molar-refractivity contribution in [1.29, 1.82) is 0 Å². The molecule has 0 saturated heterocycles. The first-order chi connectivity index (χ1) is 14.3. The zero-order valence-electron chi connectivity index (χ0n) is 17.0. The van der Waals surface area contributed by atoms with Gasteiger partial charge in [0.1, 0.15) is 17.6 Å². The van der Waals surface area contributed by atoms with Gasteiger partial charge in [-0.15, -0.1) is 0 Å². The van der Waals surface area contributed by atoms with E-state index in [9.17, 15) is 14.0 Å². The molecule has 2 amide bonds. The number of pyridine rings is 1. The van der Waals surface area contributed by atoms with E-state index in [1.54, 1.807) is 29.9 Å². The second-order valence-electron chi connectivity index (χ2n) is 7.44. The van der Waals surface area contributed by atoms with Gasteiger partial charge in [0, 0.05) is 25.4 Å². The summed E-state index contributed by atoms with van der Waals surface area (Å²) in [6, 6.07) is 10.5. The number of carbonyl (C=O) groups excluding carboxylic acids is 2. The Morgan fingerprint density at radius 3 is 2.53 bits per heavy atom. The lowest BCUT2D eigenvalue weighted by Crippen LogP contribution is -2.45. The van der Waals surface area contributed by atoms with Gasteiger partial charge < -0.3 is 10.2 Å². The van der Waals surface area contributed by atoms with Crippen molar-refractivity contribution in [3.05, 3.63) is 71.3 Å². The van der Waals surface area contributed by atoms with Crippen molar-refractivity contribution >= 4 is 11.8 Å². The molecule has 8 heteroatoms. The number of hydrogen-bond donors (Lipinski definition) is 1. The quantitative estimate of drug-likeness (QED) is 0.705. The fourth-order valence-electron chi connectivity index (χ4n) is 3.58. The number of amides is 2. The molecule has 1 N–H and O–H groups in total. The minimum Gasteiger partial charge on any atom is -0.348 e. The summed E-state index contributed by atoms with van der Waals surface area (Å²) in [5.41, 5.74) is 3.40. The number of fused-ring (bicyclic) bond motifs is 1. The second-order valence-corrected chi connectivity index (χ2v) is 7.44. The molecule has 154 valence electrons. The van der Waals surface area contributed by atoms with Gasteiger partial charge in [-0.2, -0.15) is 5.10 Å². The molecule has 1 aliphatic heterocycles. The largest absolute Gasteiger partial charge is 0.348 e. The van der Waals surface area contributed by atoms with Gasteiger partial charge in [-0.05, 0) is 43.7 Å². The van der Waals surface area contributed by atoms with E-state index in [0.717, 1.165) is 16.8 Å². The Hall–Kier alpha value is -3.55. The number of nitrogens with zero attached hydrogens (tertiary/aromatic N) is 4. The van der Waals surface area contributed by atoms with Crippen LogP contribution in [0.4, 0.5) is 4.39 Å². The first-order valence-electron chi connectivity index (χ1n) is 9.70. The first kappa shape index (κ1) is 19.8. The highest BCUT2D eigenvalue weighted by Gasteiger charge is 2.35. The van der Waals surface area contributed by atoms with Crippen LogP contribution >= 0.6 is 0 Å². The smallest absolute Gasteiger partial charge is 0.273 e. The van der Waals surface area contributed by atoms with Crippen LogP contribution in [-0.2, 0) is 18.4 Å². The summed E-state index contributed by atoms with van der Waals surface area (Å²) in [4.78, 5) is 31.8. The summed E-state index contributed by atoms with van der Waals surface area (Å²) in [5.74, 6) is -0.880. The van der Waals surface area contributed by atoms with Crippen LogP contribution in [0.15, 0.2) is 48.7 Å². The predicted molar refractivity (Wildman–Crippen MR) is 109 cm³/mol. The highest BCUT2D eigenvalue weighted by atomic mass is 19.1. The average Bonchev–Trinajstić information content (AvgIpc) is 3.30. The van der Waals surface area contributed by atoms with Crippen LogP contribution < -0.4 is 5.32 Å². The standard InChI is InChI=1S/C22H22FN5O2/c1-13(15-4-7-17(23)8-5-15)25-21(29)14(2)28-12-16-6-9-18(26-20(16)22(28)30)19-10-11-24-27(19)3/h4-11,13-14H,12H2,1-3H3,(H,25,29)/t13-,14+/m0/s1. The molecule has 0 spiro atoms. The maximum absolute atomic E-state index is 13.1. The zero-order chi connectivity index (χ0) is 21.4. The summed E-state index contributed by atoms with van der Waals surface area (Å²) in [6.45, 7) is 3.84. The fraction of sp³-hybridized carbons (Fsp3) is 0.273. The fourth-order valence-corrected chi connectivity index (χ4v) is 3.58. The molecule has 0 aliphatic carbocycles. The summed E-state index contributed by atoms with van der Waals surface area (Å²) in [6.07, 6.45) is 1.67. The molecule has 0 radical (unpaired) electrons. The Balaban J connectivity index is 1.48. The molecule has 1 aliphatic rings. The number of nitrogens with one attached hydrogen (secondary N) is 1. The lowest BCUT2D eigenvalue weighted by Gasteiger charge is -2.25. The Bertz CT molecular complexity index is 1110. The molecule has 7 nitrogen and oxygen atoms in total. The molecular weight excluding hydrogens is 385 g/mol. The zero-order valence-corrected chi connectivity index (χ0v) is 17.0. The number of benzene rings is 1. The maximum Gasteiger partial charge on any atom is 0.273 e. The molecule has 3 heterocycles. The Kier molecular flexibility index (Phi) is 5.07. The number of aryl methyl sites for hydroxylation is 1. The van der Waals surface area contributed by atoms with E-state index >= 15 is 0 Å². The molecule has 30 heavy (non-hydrogen) atoms. The van der Waals surface area contributed by atoms with Gasteiger partial charge in [0.05, 0.1) is 17.4 Å². The summed E-state index contributed by atoms with van der Waals surface area (Å²) >= 11 is 0. The van der Waals surface area contributed by atoms with E-state index in [0.29, 0.717) is 17.9 Å². The van der Waals surface area contributed by atoms with Gasteiger partial charge in [0.25, 0.3) is 5.91 Å². The van der Waals surface area contributed by atoms with E-state index in [1.165, 1.54) is 17.0 Å². The van der Waals surface area contributed by atoms with Gasteiger partial charge in [-0.3, -0.25) is 14.3 Å². The first-order valence-corrected chi connectivity index (χ1v) is 9.70. The molecule has 0 saturated carbocycles. The van der Waals surface area contributed by atoms with Gasteiger partial charge >= 0.3 is 0 Å². The van der Waals surface area contributed by atoms with E-state index in [-0.39, 0.29) is 23.7 Å². The number of aromatic nitrogens is 3. The van der Waals surface area contributed by atoms with Crippen molar-refractivity contribution in [3.63, 3.8) is 0 Å². The molecule has 0 bridgehead atoms. The normalized spacial score (nSPS) is 15.1. The SMILES string of the molecule is C[C@H](NC(=O)[C@@H](C)N1Cc2ccc(-c3ccnn3C)nc2C1=O)c1ccc(F)cc1.